The van der Waals surface area contributed by atoms with Crippen LogP contribution in [0.4, 0.5) is 0 Å². The second-order valence-corrected chi connectivity index (χ2v) is 6.18. The van der Waals surface area contributed by atoms with Gasteiger partial charge in [0, 0.05) is 24.8 Å². The summed E-state index contributed by atoms with van der Waals surface area (Å²) in [4.78, 5) is 14.0. The largest absolute Gasteiger partial charge is 0.342 e. The Hall–Kier alpha value is -0.0500. The van der Waals surface area contributed by atoms with E-state index in [1.165, 1.54) is 32.1 Å². The summed E-state index contributed by atoms with van der Waals surface area (Å²) in [6, 6.07) is 0. The lowest BCUT2D eigenvalue weighted by Gasteiger charge is -2.43. The van der Waals surface area contributed by atoms with Gasteiger partial charge in [-0.1, -0.05) is 35.7 Å². The van der Waals surface area contributed by atoms with E-state index >= 15 is 0 Å². The first-order chi connectivity index (χ1) is 7.69. The van der Waals surface area contributed by atoms with E-state index < -0.39 is 0 Å². The molecule has 2 aliphatic rings. The van der Waals surface area contributed by atoms with Gasteiger partial charge in [-0.3, -0.25) is 4.79 Å². The Morgan fingerprint density at radius 2 is 2.25 bits per heavy atom. The summed E-state index contributed by atoms with van der Waals surface area (Å²) < 4.78 is 0. The molecule has 0 aromatic rings. The maximum atomic E-state index is 11.9. The van der Waals surface area contributed by atoms with Crippen molar-refractivity contribution in [3.05, 3.63) is 0 Å². The van der Waals surface area contributed by atoms with Crippen molar-refractivity contribution in [2.75, 3.05) is 18.4 Å². The minimum atomic E-state index is 0.394. The minimum absolute atomic E-state index is 0.394. The van der Waals surface area contributed by atoms with E-state index in [1.807, 2.05) is 0 Å². The summed E-state index contributed by atoms with van der Waals surface area (Å²) in [5, 5.41) is 1.06. The van der Waals surface area contributed by atoms with E-state index in [0.29, 0.717) is 17.2 Å². The predicted octanol–water partition coefficient (Wildman–Crippen LogP) is 3.20. The summed E-state index contributed by atoms with van der Waals surface area (Å²) in [5.74, 6) is 1.02. The molecule has 0 spiro atoms. The highest BCUT2D eigenvalue weighted by molar-refractivity contribution is 9.09. The molecule has 1 aliphatic heterocycles. The highest BCUT2D eigenvalue weighted by Crippen LogP contribution is 2.43. The third-order valence-electron chi connectivity index (χ3n) is 4.22. The van der Waals surface area contributed by atoms with Gasteiger partial charge < -0.3 is 4.90 Å². The molecule has 1 aliphatic carbocycles. The number of halogens is 1. The number of rotatable bonds is 5. The van der Waals surface area contributed by atoms with Crippen LogP contribution >= 0.6 is 15.9 Å². The van der Waals surface area contributed by atoms with Crippen molar-refractivity contribution in [2.24, 2.45) is 11.3 Å². The maximum Gasteiger partial charge on any atom is 0.222 e. The molecule has 1 atom stereocenters. The molecule has 1 heterocycles. The zero-order valence-corrected chi connectivity index (χ0v) is 11.8. The Labute approximate surface area is 107 Å². The highest BCUT2D eigenvalue weighted by atomic mass is 79.9. The summed E-state index contributed by atoms with van der Waals surface area (Å²) in [6.07, 6.45) is 7.14. The number of carbonyl (C=O) groups excluding carboxylic acids is 1. The van der Waals surface area contributed by atoms with Gasteiger partial charge in [-0.15, -0.1) is 0 Å². The normalized spacial score (nSPS) is 28.2. The number of hydrogen-bond donors (Lipinski definition) is 0. The van der Waals surface area contributed by atoms with Crippen LogP contribution in [0, 0.1) is 11.3 Å². The van der Waals surface area contributed by atoms with Gasteiger partial charge in [0.2, 0.25) is 5.91 Å². The number of carbonyl (C=O) groups is 1. The molecule has 16 heavy (non-hydrogen) atoms. The van der Waals surface area contributed by atoms with Crippen LogP contribution in [-0.2, 0) is 4.79 Å². The van der Waals surface area contributed by atoms with Gasteiger partial charge in [-0.2, -0.15) is 0 Å². The second kappa shape index (κ2) is 5.07. The molecule has 0 bridgehead atoms. The maximum absolute atomic E-state index is 11.9. The van der Waals surface area contributed by atoms with Gasteiger partial charge in [0.05, 0.1) is 0 Å². The molecule has 0 aromatic heterocycles. The Balaban J connectivity index is 1.88. The van der Waals surface area contributed by atoms with Gasteiger partial charge in [0.25, 0.3) is 0 Å². The fourth-order valence-corrected chi connectivity index (χ4v) is 3.76. The SMILES string of the molecule is CCCC1CC(=O)N(CC2(CBr)CCC2)C1. The quantitative estimate of drug-likeness (QED) is 0.711. The molecule has 3 heteroatoms. The predicted molar refractivity (Wildman–Crippen MR) is 69.7 cm³/mol. The minimum Gasteiger partial charge on any atom is -0.342 e. The van der Waals surface area contributed by atoms with Crippen molar-refractivity contribution >= 4 is 21.8 Å². The fraction of sp³-hybridized carbons (Fsp3) is 0.923. The van der Waals surface area contributed by atoms with Crippen LogP contribution in [-0.4, -0.2) is 29.2 Å². The van der Waals surface area contributed by atoms with Crippen molar-refractivity contribution in [2.45, 2.75) is 45.4 Å². The van der Waals surface area contributed by atoms with Gasteiger partial charge in [0.1, 0.15) is 0 Å². The van der Waals surface area contributed by atoms with Crippen LogP contribution in [0.15, 0.2) is 0 Å². The molecule has 1 saturated carbocycles. The zero-order valence-electron chi connectivity index (χ0n) is 10.2. The lowest BCUT2D eigenvalue weighted by Crippen LogP contribution is -2.44. The number of hydrogen-bond acceptors (Lipinski definition) is 1. The van der Waals surface area contributed by atoms with Crippen LogP contribution < -0.4 is 0 Å². The Morgan fingerprint density at radius 1 is 1.50 bits per heavy atom. The average Bonchev–Trinajstić information content (AvgIpc) is 2.53. The molecule has 1 saturated heterocycles. The number of likely N-dealkylation sites (tertiary alicyclic amines) is 1. The van der Waals surface area contributed by atoms with E-state index in [1.54, 1.807) is 0 Å². The molecular formula is C13H22BrNO. The summed E-state index contributed by atoms with van der Waals surface area (Å²) in [7, 11) is 0. The van der Waals surface area contributed by atoms with E-state index in [0.717, 1.165) is 24.8 Å². The van der Waals surface area contributed by atoms with Crippen molar-refractivity contribution in [3.8, 4) is 0 Å². The number of alkyl halides is 1. The molecule has 2 nitrogen and oxygen atoms in total. The number of amides is 1. The molecular weight excluding hydrogens is 266 g/mol. The highest BCUT2D eigenvalue weighted by Gasteiger charge is 2.40. The molecule has 92 valence electrons. The Bertz CT molecular complexity index is 257. The Kier molecular flexibility index (Phi) is 3.93. The molecule has 2 fully saturated rings. The molecule has 2 rings (SSSR count). The molecule has 0 radical (unpaired) electrons. The van der Waals surface area contributed by atoms with Crippen LogP contribution in [0.2, 0.25) is 0 Å². The third-order valence-corrected chi connectivity index (χ3v) is 5.40. The average molecular weight is 288 g/mol. The second-order valence-electron chi connectivity index (χ2n) is 5.62. The molecule has 1 amide bonds. The smallest absolute Gasteiger partial charge is 0.222 e. The standard InChI is InChI=1S/C13H22BrNO/c1-2-4-11-7-12(16)15(8-11)10-13(9-14)5-3-6-13/h11H,2-10H2,1H3. The lowest BCUT2D eigenvalue weighted by atomic mass is 9.70. The van der Waals surface area contributed by atoms with E-state index in [4.69, 9.17) is 0 Å². The van der Waals surface area contributed by atoms with Gasteiger partial charge >= 0.3 is 0 Å². The Morgan fingerprint density at radius 3 is 2.75 bits per heavy atom. The molecule has 1 unspecified atom stereocenters. The van der Waals surface area contributed by atoms with Crippen molar-refractivity contribution in [3.63, 3.8) is 0 Å². The first-order valence-corrected chi connectivity index (χ1v) is 7.65. The monoisotopic (exact) mass is 287 g/mol. The zero-order chi connectivity index (χ0) is 11.6. The first kappa shape index (κ1) is 12.4. The van der Waals surface area contributed by atoms with Crippen LogP contribution in [0.1, 0.15) is 45.4 Å². The molecule has 0 N–H and O–H groups in total. The molecule has 0 aromatic carbocycles. The fourth-order valence-electron chi connectivity index (χ4n) is 3.02. The van der Waals surface area contributed by atoms with Crippen LogP contribution in [0.25, 0.3) is 0 Å². The van der Waals surface area contributed by atoms with Crippen LogP contribution in [0.5, 0.6) is 0 Å². The third kappa shape index (κ3) is 2.44. The van der Waals surface area contributed by atoms with Gasteiger partial charge in [-0.25, -0.2) is 0 Å². The topological polar surface area (TPSA) is 20.3 Å². The summed E-state index contributed by atoms with van der Waals surface area (Å²) in [6.45, 7) is 4.22. The van der Waals surface area contributed by atoms with Crippen LogP contribution in [0.3, 0.4) is 0 Å². The number of nitrogens with zero attached hydrogens (tertiary/aromatic N) is 1. The lowest BCUT2D eigenvalue weighted by molar-refractivity contribution is -0.129. The van der Waals surface area contributed by atoms with E-state index in [2.05, 4.69) is 27.8 Å². The van der Waals surface area contributed by atoms with Crippen molar-refractivity contribution < 1.29 is 4.79 Å². The summed E-state index contributed by atoms with van der Waals surface area (Å²) in [5.41, 5.74) is 0.413. The summed E-state index contributed by atoms with van der Waals surface area (Å²) >= 11 is 3.62. The van der Waals surface area contributed by atoms with E-state index in [-0.39, 0.29) is 0 Å². The van der Waals surface area contributed by atoms with Crippen molar-refractivity contribution in [1.82, 2.24) is 4.90 Å². The van der Waals surface area contributed by atoms with Gasteiger partial charge in [0.15, 0.2) is 0 Å². The van der Waals surface area contributed by atoms with Gasteiger partial charge in [-0.05, 0) is 30.6 Å². The first-order valence-electron chi connectivity index (χ1n) is 6.53. The van der Waals surface area contributed by atoms with Crippen molar-refractivity contribution in [1.29, 1.82) is 0 Å². The van der Waals surface area contributed by atoms with E-state index in [9.17, 15) is 4.79 Å².